The largest absolute Gasteiger partial charge is 0.312 e. The van der Waals surface area contributed by atoms with Gasteiger partial charge in [0.05, 0.1) is 0 Å². The highest BCUT2D eigenvalue weighted by atomic mass is 14.9. The van der Waals surface area contributed by atoms with Gasteiger partial charge in [-0.3, -0.25) is 0 Å². The molecule has 0 spiro atoms. The zero-order valence-corrected chi connectivity index (χ0v) is 12.0. The fourth-order valence-corrected chi connectivity index (χ4v) is 3.08. The van der Waals surface area contributed by atoms with E-state index in [1.54, 1.807) is 0 Å². The Morgan fingerprint density at radius 1 is 0.800 bits per heavy atom. The minimum Gasteiger partial charge on any atom is -0.312 e. The molecule has 1 aliphatic carbocycles. The molecule has 0 atom stereocenters. The second-order valence-electron chi connectivity index (χ2n) is 5.84. The van der Waals surface area contributed by atoms with Crippen molar-refractivity contribution in [1.29, 1.82) is 0 Å². The Hall–Kier alpha value is -1.60. The summed E-state index contributed by atoms with van der Waals surface area (Å²) in [5.74, 6) is 0.915. The molecule has 0 aliphatic heterocycles. The van der Waals surface area contributed by atoms with Crippen LogP contribution in [-0.4, -0.2) is 6.54 Å². The first-order chi connectivity index (χ1) is 9.92. The van der Waals surface area contributed by atoms with E-state index in [-0.39, 0.29) is 0 Å². The van der Waals surface area contributed by atoms with Gasteiger partial charge in [-0.25, -0.2) is 0 Å². The minimum absolute atomic E-state index is 0.915. The molecule has 0 unspecified atom stereocenters. The molecule has 0 amide bonds. The SMILES string of the molecule is c1ccc(-c2ccc(CNCC3CCCC3)cc2)cc1. The van der Waals surface area contributed by atoms with E-state index >= 15 is 0 Å². The molecule has 1 fully saturated rings. The van der Waals surface area contributed by atoms with Crippen molar-refractivity contribution in [3.63, 3.8) is 0 Å². The van der Waals surface area contributed by atoms with Gasteiger partial charge in [-0.05, 0) is 42.0 Å². The molecular weight excluding hydrogens is 242 g/mol. The van der Waals surface area contributed by atoms with E-state index < -0.39 is 0 Å². The van der Waals surface area contributed by atoms with Crippen molar-refractivity contribution < 1.29 is 0 Å². The molecule has 104 valence electrons. The fourth-order valence-electron chi connectivity index (χ4n) is 3.08. The van der Waals surface area contributed by atoms with Crippen LogP contribution in [0.3, 0.4) is 0 Å². The molecule has 1 nitrogen and oxygen atoms in total. The number of hydrogen-bond donors (Lipinski definition) is 1. The molecule has 0 aromatic heterocycles. The van der Waals surface area contributed by atoms with Crippen molar-refractivity contribution in [2.45, 2.75) is 32.2 Å². The maximum Gasteiger partial charge on any atom is 0.0205 e. The summed E-state index contributed by atoms with van der Waals surface area (Å²) < 4.78 is 0. The Kier molecular flexibility index (Phi) is 4.49. The summed E-state index contributed by atoms with van der Waals surface area (Å²) in [6.45, 7) is 2.17. The van der Waals surface area contributed by atoms with E-state index in [9.17, 15) is 0 Å². The predicted octanol–water partition coefficient (Wildman–Crippen LogP) is 4.63. The summed E-state index contributed by atoms with van der Waals surface area (Å²) in [6, 6.07) is 19.5. The lowest BCUT2D eigenvalue weighted by atomic mass is 10.0. The number of hydrogen-bond acceptors (Lipinski definition) is 1. The first-order valence-electron chi connectivity index (χ1n) is 7.77. The molecule has 0 heterocycles. The topological polar surface area (TPSA) is 12.0 Å². The molecule has 3 rings (SSSR count). The number of nitrogens with one attached hydrogen (secondary N) is 1. The molecular formula is C19H23N. The standard InChI is InChI=1S/C19H23N/c1-2-8-18(9-3-1)19-12-10-17(11-13-19)15-20-14-16-6-4-5-7-16/h1-3,8-13,16,20H,4-7,14-15H2. The van der Waals surface area contributed by atoms with Crippen LogP contribution in [0.15, 0.2) is 54.6 Å². The second-order valence-corrected chi connectivity index (χ2v) is 5.84. The van der Waals surface area contributed by atoms with Crippen LogP contribution >= 0.6 is 0 Å². The smallest absolute Gasteiger partial charge is 0.0205 e. The molecule has 1 heteroatoms. The maximum atomic E-state index is 3.60. The lowest BCUT2D eigenvalue weighted by molar-refractivity contribution is 0.489. The summed E-state index contributed by atoms with van der Waals surface area (Å²) in [5.41, 5.74) is 3.96. The Balaban J connectivity index is 1.53. The lowest BCUT2D eigenvalue weighted by Crippen LogP contribution is -2.20. The molecule has 20 heavy (non-hydrogen) atoms. The molecule has 2 aromatic carbocycles. The molecule has 1 saturated carbocycles. The number of rotatable bonds is 5. The van der Waals surface area contributed by atoms with Gasteiger partial charge in [-0.2, -0.15) is 0 Å². The highest BCUT2D eigenvalue weighted by molar-refractivity contribution is 5.63. The Labute approximate surface area is 122 Å². The van der Waals surface area contributed by atoms with Crippen LogP contribution in [0.5, 0.6) is 0 Å². The van der Waals surface area contributed by atoms with Gasteiger partial charge in [-0.15, -0.1) is 0 Å². The van der Waals surface area contributed by atoms with Crippen molar-refractivity contribution in [3.05, 3.63) is 60.2 Å². The summed E-state index contributed by atoms with van der Waals surface area (Å²) in [5, 5.41) is 3.60. The summed E-state index contributed by atoms with van der Waals surface area (Å²) in [6.07, 6.45) is 5.69. The predicted molar refractivity (Wildman–Crippen MR) is 85.5 cm³/mol. The first kappa shape index (κ1) is 13.4. The first-order valence-corrected chi connectivity index (χ1v) is 7.77. The van der Waals surface area contributed by atoms with Crippen molar-refractivity contribution in [3.8, 4) is 11.1 Å². The summed E-state index contributed by atoms with van der Waals surface area (Å²) in [4.78, 5) is 0. The lowest BCUT2D eigenvalue weighted by Gasteiger charge is -2.11. The van der Waals surface area contributed by atoms with Gasteiger partial charge in [0.25, 0.3) is 0 Å². The molecule has 0 bridgehead atoms. The molecule has 1 aliphatic rings. The van der Waals surface area contributed by atoms with Gasteiger partial charge in [0, 0.05) is 6.54 Å². The Bertz CT molecular complexity index is 509. The van der Waals surface area contributed by atoms with Crippen LogP contribution in [-0.2, 0) is 6.54 Å². The second kappa shape index (κ2) is 6.71. The minimum atomic E-state index is 0.915. The van der Waals surface area contributed by atoms with Gasteiger partial charge in [0.2, 0.25) is 0 Å². The van der Waals surface area contributed by atoms with Crippen molar-refractivity contribution >= 4 is 0 Å². The Morgan fingerprint density at radius 3 is 2.15 bits per heavy atom. The van der Waals surface area contributed by atoms with E-state index in [1.807, 2.05) is 0 Å². The van der Waals surface area contributed by atoms with E-state index in [0.717, 1.165) is 12.5 Å². The van der Waals surface area contributed by atoms with Crippen LogP contribution in [0.1, 0.15) is 31.2 Å². The quantitative estimate of drug-likeness (QED) is 0.831. The number of benzene rings is 2. The van der Waals surface area contributed by atoms with Crippen LogP contribution < -0.4 is 5.32 Å². The fraction of sp³-hybridized carbons (Fsp3) is 0.368. The normalized spacial score (nSPS) is 15.6. The van der Waals surface area contributed by atoms with Gasteiger partial charge in [-0.1, -0.05) is 67.4 Å². The summed E-state index contributed by atoms with van der Waals surface area (Å²) >= 11 is 0. The van der Waals surface area contributed by atoms with Crippen molar-refractivity contribution in [2.75, 3.05) is 6.54 Å². The third-order valence-corrected chi connectivity index (χ3v) is 4.30. The molecule has 1 N–H and O–H groups in total. The third-order valence-electron chi connectivity index (χ3n) is 4.30. The van der Waals surface area contributed by atoms with E-state index in [1.165, 1.54) is 48.9 Å². The van der Waals surface area contributed by atoms with Crippen molar-refractivity contribution in [1.82, 2.24) is 5.32 Å². The molecule has 2 aromatic rings. The van der Waals surface area contributed by atoms with Crippen molar-refractivity contribution in [2.24, 2.45) is 5.92 Å². The highest BCUT2D eigenvalue weighted by Crippen LogP contribution is 2.24. The maximum absolute atomic E-state index is 3.60. The van der Waals surface area contributed by atoms with Gasteiger partial charge in [0.15, 0.2) is 0 Å². The van der Waals surface area contributed by atoms with Crippen LogP contribution in [0.4, 0.5) is 0 Å². The highest BCUT2D eigenvalue weighted by Gasteiger charge is 2.13. The zero-order chi connectivity index (χ0) is 13.6. The van der Waals surface area contributed by atoms with E-state index in [2.05, 4.69) is 59.9 Å². The van der Waals surface area contributed by atoms with Gasteiger partial charge >= 0.3 is 0 Å². The van der Waals surface area contributed by atoms with E-state index in [4.69, 9.17) is 0 Å². The summed E-state index contributed by atoms with van der Waals surface area (Å²) in [7, 11) is 0. The third kappa shape index (κ3) is 3.49. The Morgan fingerprint density at radius 2 is 1.45 bits per heavy atom. The van der Waals surface area contributed by atoms with Gasteiger partial charge < -0.3 is 5.32 Å². The molecule has 0 saturated heterocycles. The van der Waals surface area contributed by atoms with Crippen LogP contribution in [0, 0.1) is 5.92 Å². The average molecular weight is 265 g/mol. The van der Waals surface area contributed by atoms with Gasteiger partial charge in [0.1, 0.15) is 0 Å². The molecule has 0 radical (unpaired) electrons. The zero-order valence-electron chi connectivity index (χ0n) is 12.0. The van der Waals surface area contributed by atoms with Crippen LogP contribution in [0.2, 0.25) is 0 Å². The average Bonchev–Trinajstić information content (AvgIpc) is 3.02. The van der Waals surface area contributed by atoms with E-state index in [0.29, 0.717) is 0 Å². The monoisotopic (exact) mass is 265 g/mol. The van der Waals surface area contributed by atoms with Crippen LogP contribution in [0.25, 0.3) is 11.1 Å².